The third-order valence-electron chi connectivity index (χ3n) is 3.64. The summed E-state index contributed by atoms with van der Waals surface area (Å²) in [4.78, 5) is 3.71. The average Bonchev–Trinajstić information content (AvgIpc) is 2.74. The van der Waals surface area contributed by atoms with Gasteiger partial charge < -0.3 is 25.6 Å². The number of ether oxygens (including phenoxy) is 1. The lowest BCUT2D eigenvalue weighted by atomic mass is 10.2. The second-order valence-corrected chi connectivity index (χ2v) is 7.06. The summed E-state index contributed by atoms with van der Waals surface area (Å²) < 4.78 is 37.7. The number of aliphatic hydroxyl groups is 2. The quantitative estimate of drug-likeness (QED) is 0.269. The number of aliphatic hydroxyl groups excluding tert-OH is 2. The summed E-state index contributed by atoms with van der Waals surface area (Å²) in [5.74, 6) is 0.544. The average molecular weight is 436 g/mol. The van der Waals surface area contributed by atoms with E-state index in [9.17, 15) is 18.2 Å². The zero-order chi connectivity index (χ0) is 22.1. The SMILES string of the molecule is COc1ccc(/N=N/c2cc(C#N)c(NCCO)nc2NCCO)c(S(=O)(=O)O)c1. The van der Waals surface area contributed by atoms with Crippen LogP contribution in [-0.4, -0.2) is 61.6 Å². The molecule has 0 radical (unpaired) electrons. The van der Waals surface area contributed by atoms with Crippen molar-refractivity contribution in [1.82, 2.24) is 4.98 Å². The van der Waals surface area contributed by atoms with Crippen LogP contribution in [0.4, 0.5) is 23.0 Å². The minimum absolute atomic E-state index is 0.0895. The molecule has 2 aromatic rings. The molecule has 0 aliphatic carbocycles. The van der Waals surface area contributed by atoms with E-state index in [1.54, 1.807) is 0 Å². The number of hydrogen-bond acceptors (Lipinski definition) is 11. The van der Waals surface area contributed by atoms with Crippen LogP contribution in [0, 0.1) is 11.3 Å². The maximum atomic E-state index is 11.7. The molecule has 0 amide bonds. The predicted molar refractivity (Wildman–Crippen MR) is 107 cm³/mol. The van der Waals surface area contributed by atoms with Crippen molar-refractivity contribution < 1.29 is 27.9 Å². The second-order valence-electron chi connectivity index (χ2n) is 5.67. The van der Waals surface area contributed by atoms with E-state index in [0.29, 0.717) is 0 Å². The summed E-state index contributed by atoms with van der Waals surface area (Å²) in [5, 5.41) is 40.8. The van der Waals surface area contributed by atoms with Crippen molar-refractivity contribution in [3.8, 4) is 11.8 Å². The lowest BCUT2D eigenvalue weighted by Crippen LogP contribution is -2.12. The Morgan fingerprint density at radius 1 is 1.10 bits per heavy atom. The first-order chi connectivity index (χ1) is 14.3. The highest BCUT2D eigenvalue weighted by Gasteiger charge is 2.18. The highest BCUT2D eigenvalue weighted by Crippen LogP contribution is 2.33. The van der Waals surface area contributed by atoms with Gasteiger partial charge in [-0.3, -0.25) is 4.55 Å². The molecule has 0 aliphatic heterocycles. The molecule has 2 rings (SSSR count). The summed E-state index contributed by atoms with van der Waals surface area (Å²) in [5.41, 5.74) is 0.0377. The largest absolute Gasteiger partial charge is 0.497 e. The van der Waals surface area contributed by atoms with E-state index in [1.165, 1.54) is 25.3 Å². The van der Waals surface area contributed by atoms with Gasteiger partial charge in [0.2, 0.25) is 0 Å². The molecule has 12 nitrogen and oxygen atoms in total. The Labute approximate surface area is 172 Å². The van der Waals surface area contributed by atoms with Gasteiger partial charge in [0.1, 0.15) is 33.9 Å². The van der Waals surface area contributed by atoms with Gasteiger partial charge in [0.25, 0.3) is 10.1 Å². The van der Waals surface area contributed by atoms with Gasteiger partial charge in [0.15, 0.2) is 5.82 Å². The minimum atomic E-state index is -4.61. The number of benzene rings is 1. The van der Waals surface area contributed by atoms with Crippen LogP contribution >= 0.6 is 0 Å². The van der Waals surface area contributed by atoms with E-state index >= 15 is 0 Å². The van der Waals surface area contributed by atoms with Gasteiger partial charge in [-0.05, 0) is 18.2 Å². The molecule has 5 N–H and O–H groups in total. The fourth-order valence-electron chi connectivity index (χ4n) is 2.30. The summed E-state index contributed by atoms with van der Waals surface area (Å²) in [6.07, 6.45) is 0. The molecule has 30 heavy (non-hydrogen) atoms. The van der Waals surface area contributed by atoms with Gasteiger partial charge in [-0.25, -0.2) is 4.98 Å². The Bertz CT molecular complexity index is 1070. The van der Waals surface area contributed by atoms with Crippen molar-refractivity contribution in [2.75, 3.05) is 44.0 Å². The standard InChI is InChI=1S/C17H20N6O6S/c1-29-12-2-3-13(15(9-12)30(26,27)28)22-23-14-8-11(10-18)16(19-4-6-24)21-17(14)20-5-7-25/h2-3,8-9,24-25H,4-7H2,1H3,(H2,19,20,21)(H,26,27,28)/b23-22+. The normalized spacial score (nSPS) is 11.3. The van der Waals surface area contributed by atoms with Crippen molar-refractivity contribution in [3.63, 3.8) is 0 Å². The molecule has 0 spiro atoms. The fraction of sp³-hybridized carbons (Fsp3) is 0.294. The van der Waals surface area contributed by atoms with E-state index < -0.39 is 15.0 Å². The Morgan fingerprint density at radius 3 is 2.30 bits per heavy atom. The molecule has 160 valence electrons. The molecule has 0 saturated carbocycles. The van der Waals surface area contributed by atoms with Gasteiger partial charge in [0.05, 0.1) is 25.9 Å². The van der Waals surface area contributed by atoms with Gasteiger partial charge in [-0.15, -0.1) is 10.2 Å². The first kappa shape index (κ1) is 23.0. The lowest BCUT2D eigenvalue weighted by Gasteiger charge is -2.12. The van der Waals surface area contributed by atoms with Gasteiger partial charge in [-0.2, -0.15) is 13.7 Å². The van der Waals surface area contributed by atoms with E-state index in [2.05, 4.69) is 25.8 Å². The van der Waals surface area contributed by atoms with Crippen LogP contribution < -0.4 is 15.4 Å². The van der Waals surface area contributed by atoms with Gasteiger partial charge >= 0.3 is 0 Å². The van der Waals surface area contributed by atoms with Crippen LogP contribution in [0.15, 0.2) is 39.4 Å². The first-order valence-electron chi connectivity index (χ1n) is 8.56. The minimum Gasteiger partial charge on any atom is -0.497 e. The van der Waals surface area contributed by atoms with Crippen LogP contribution in [0.5, 0.6) is 5.75 Å². The van der Waals surface area contributed by atoms with Crippen molar-refractivity contribution >= 4 is 33.1 Å². The van der Waals surface area contributed by atoms with Crippen molar-refractivity contribution in [3.05, 3.63) is 29.8 Å². The topological polar surface area (TPSA) is 190 Å². The van der Waals surface area contributed by atoms with Gasteiger partial charge in [-0.1, -0.05) is 0 Å². The number of aromatic nitrogens is 1. The maximum Gasteiger partial charge on any atom is 0.296 e. The smallest absolute Gasteiger partial charge is 0.296 e. The number of pyridine rings is 1. The molecule has 0 bridgehead atoms. The molecular formula is C17H20N6O6S. The highest BCUT2D eigenvalue weighted by atomic mass is 32.2. The number of nitrogens with zero attached hydrogens (tertiary/aromatic N) is 4. The number of rotatable bonds is 10. The lowest BCUT2D eigenvalue weighted by molar-refractivity contribution is 0.311. The molecular weight excluding hydrogens is 416 g/mol. The monoisotopic (exact) mass is 436 g/mol. The fourth-order valence-corrected chi connectivity index (χ4v) is 2.93. The number of hydrogen-bond donors (Lipinski definition) is 5. The van der Waals surface area contributed by atoms with E-state index in [0.717, 1.165) is 6.07 Å². The Hall–Kier alpha value is -3.31. The Morgan fingerprint density at radius 2 is 1.73 bits per heavy atom. The Kier molecular flexibility index (Phi) is 8.01. The summed E-state index contributed by atoms with van der Waals surface area (Å²) in [6.45, 7) is -0.0996. The summed E-state index contributed by atoms with van der Waals surface area (Å²) in [6, 6.07) is 7.12. The molecule has 1 aromatic heterocycles. The zero-order valence-corrected chi connectivity index (χ0v) is 16.7. The van der Waals surface area contributed by atoms with Crippen LogP contribution in [0.3, 0.4) is 0 Å². The predicted octanol–water partition coefficient (Wildman–Crippen LogP) is 1.43. The molecule has 0 atom stereocenters. The number of methoxy groups -OCH3 is 1. The molecule has 13 heteroatoms. The molecule has 0 saturated heterocycles. The van der Waals surface area contributed by atoms with Crippen molar-refractivity contribution in [1.29, 1.82) is 5.26 Å². The first-order valence-corrected chi connectivity index (χ1v) is 10.00. The summed E-state index contributed by atoms with van der Waals surface area (Å²) in [7, 11) is -3.27. The molecule has 0 fully saturated rings. The molecule has 0 unspecified atom stereocenters. The zero-order valence-electron chi connectivity index (χ0n) is 15.9. The van der Waals surface area contributed by atoms with Crippen LogP contribution in [0.2, 0.25) is 0 Å². The van der Waals surface area contributed by atoms with Crippen molar-refractivity contribution in [2.45, 2.75) is 4.90 Å². The molecule has 1 aromatic carbocycles. The van der Waals surface area contributed by atoms with Crippen molar-refractivity contribution in [2.24, 2.45) is 10.2 Å². The number of nitrogens with one attached hydrogen (secondary N) is 2. The maximum absolute atomic E-state index is 11.7. The molecule has 1 heterocycles. The van der Waals surface area contributed by atoms with Crippen LogP contribution in [-0.2, 0) is 10.1 Å². The van der Waals surface area contributed by atoms with Crippen LogP contribution in [0.1, 0.15) is 5.56 Å². The highest BCUT2D eigenvalue weighted by molar-refractivity contribution is 7.86. The third kappa shape index (κ3) is 5.84. The number of nitriles is 1. The van der Waals surface area contributed by atoms with E-state index in [4.69, 9.17) is 14.9 Å². The van der Waals surface area contributed by atoms with E-state index in [1.807, 2.05) is 6.07 Å². The van der Waals surface area contributed by atoms with Gasteiger partial charge in [0, 0.05) is 19.2 Å². The second kappa shape index (κ2) is 10.5. The third-order valence-corrected chi connectivity index (χ3v) is 4.52. The molecule has 0 aliphatic rings. The number of anilines is 2. The van der Waals surface area contributed by atoms with Crippen LogP contribution in [0.25, 0.3) is 0 Å². The summed E-state index contributed by atoms with van der Waals surface area (Å²) >= 11 is 0. The van der Waals surface area contributed by atoms with E-state index in [-0.39, 0.29) is 60.6 Å². The Balaban J connectivity index is 2.53. The number of azo groups is 1.